The van der Waals surface area contributed by atoms with Gasteiger partial charge in [-0.25, -0.2) is 0 Å². The molecule has 1 fully saturated rings. The number of carbonyl (C=O) groups excluding carboxylic acids is 2. The minimum atomic E-state index is -2.88. The first-order valence-corrected chi connectivity index (χ1v) is 12.4. The number of benzene rings is 2. The van der Waals surface area contributed by atoms with Crippen LogP contribution in [0.3, 0.4) is 0 Å². The minimum Gasteiger partial charge on any atom is -0.480 e. The zero-order chi connectivity index (χ0) is 23.6. The molecule has 0 saturated carbocycles. The topological polar surface area (TPSA) is 113 Å². The lowest BCUT2D eigenvalue weighted by molar-refractivity contribution is -0.142. The van der Waals surface area contributed by atoms with Gasteiger partial charge >= 0.3 is 5.97 Å². The highest BCUT2D eigenvalue weighted by Crippen LogP contribution is 2.33. The van der Waals surface area contributed by atoms with Gasteiger partial charge in [-0.05, 0) is 49.9 Å². The fraction of sp³-hybridized carbons (Fsp3) is 0.375. The lowest BCUT2D eigenvalue weighted by Crippen LogP contribution is -2.42. The normalized spacial score (nSPS) is 18.8. The summed E-state index contributed by atoms with van der Waals surface area (Å²) in [5.41, 5.74) is 1.46. The van der Waals surface area contributed by atoms with Gasteiger partial charge in [0.15, 0.2) is 6.29 Å². The van der Waals surface area contributed by atoms with Crippen molar-refractivity contribution in [3.05, 3.63) is 71.8 Å². The van der Waals surface area contributed by atoms with E-state index in [9.17, 15) is 24.1 Å². The summed E-state index contributed by atoms with van der Waals surface area (Å²) in [4.78, 5) is 37.4. The van der Waals surface area contributed by atoms with Gasteiger partial charge in [-0.15, -0.1) is 0 Å². The van der Waals surface area contributed by atoms with Crippen LogP contribution in [0.4, 0.5) is 0 Å². The number of carbonyl (C=O) groups is 3. The fourth-order valence-electron chi connectivity index (χ4n) is 3.93. The fourth-order valence-corrected chi connectivity index (χ4v) is 5.15. The standard InChI is InChI=1S/C24H29N2O6P/c27-17-20(16-26-15-7-12-21(26)24(29)30)32-33(31)22(14-13-18-8-3-1-4-9-18)25-23(28)19-10-5-2-6-11-19/h1-6,8-11,17,20-22,33H,7,12-16H2,(H,25,28)(H,29,30)/t20-,21-,22?/m0/s1. The van der Waals surface area contributed by atoms with Crippen LogP contribution in [-0.4, -0.2) is 59.2 Å². The van der Waals surface area contributed by atoms with Gasteiger partial charge in [-0.2, -0.15) is 0 Å². The molecular formula is C24H29N2O6P. The Morgan fingerprint density at radius 3 is 2.45 bits per heavy atom. The van der Waals surface area contributed by atoms with Gasteiger partial charge < -0.3 is 19.7 Å². The van der Waals surface area contributed by atoms with E-state index in [1.165, 1.54) is 0 Å². The Labute approximate surface area is 193 Å². The van der Waals surface area contributed by atoms with E-state index in [0.717, 1.165) is 5.56 Å². The van der Waals surface area contributed by atoms with Crippen molar-refractivity contribution in [2.75, 3.05) is 13.1 Å². The summed E-state index contributed by atoms with van der Waals surface area (Å²) in [6, 6.07) is 17.5. The maximum Gasteiger partial charge on any atom is 0.320 e. The monoisotopic (exact) mass is 472 g/mol. The molecule has 8 nitrogen and oxygen atoms in total. The van der Waals surface area contributed by atoms with E-state index in [1.807, 2.05) is 30.3 Å². The van der Waals surface area contributed by atoms with E-state index >= 15 is 0 Å². The van der Waals surface area contributed by atoms with Gasteiger partial charge in [0.05, 0.1) is 0 Å². The highest BCUT2D eigenvalue weighted by molar-refractivity contribution is 7.40. The van der Waals surface area contributed by atoms with Crippen molar-refractivity contribution in [1.82, 2.24) is 10.2 Å². The molecule has 1 aliphatic rings. The molecule has 0 spiro atoms. The van der Waals surface area contributed by atoms with Gasteiger partial charge in [0, 0.05) is 12.1 Å². The first-order chi connectivity index (χ1) is 16.0. The summed E-state index contributed by atoms with van der Waals surface area (Å²) < 4.78 is 18.8. The number of aryl methyl sites for hydroxylation is 1. The van der Waals surface area contributed by atoms with E-state index in [4.69, 9.17) is 4.52 Å². The third-order valence-electron chi connectivity index (χ3n) is 5.67. The van der Waals surface area contributed by atoms with Crippen LogP contribution in [0, 0.1) is 0 Å². The molecule has 33 heavy (non-hydrogen) atoms. The van der Waals surface area contributed by atoms with Gasteiger partial charge in [-0.3, -0.25) is 19.1 Å². The summed E-state index contributed by atoms with van der Waals surface area (Å²) in [5.74, 6) is -2.09. The van der Waals surface area contributed by atoms with Crippen molar-refractivity contribution in [2.24, 2.45) is 0 Å². The van der Waals surface area contributed by atoms with Crippen molar-refractivity contribution in [3.8, 4) is 0 Å². The van der Waals surface area contributed by atoms with Crippen LogP contribution in [0.25, 0.3) is 0 Å². The molecule has 176 valence electrons. The second-order valence-electron chi connectivity index (χ2n) is 8.02. The molecule has 4 atom stereocenters. The Morgan fingerprint density at radius 2 is 1.82 bits per heavy atom. The minimum absolute atomic E-state index is 0.0505. The molecule has 0 bridgehead atoms. The van der Waals surface area contributed by atoms with Gasteiger partial charge in [0.2, 0.25) is 8.03 Å². The van der Waals surface area contributed by atoms with Crippen molar-refractivity contribution in [3.63, 3.8) is 0 Å². The Bertz CT molecular complexity index is 956. The molecule has 3 rings (SSSR count). The van der Waals surface area contributed by atoms with Crippen LogP contribution >= 0.6 is 8.03 Å². The number of hydrogen-bond donors (Lipinski definition) is 2. The third-order valence-corrected chi connectivity index (χ3v) is 7.21. The Morgan fingerprint density at radius 1 is 1.15 bits per heavy atom. The number of carboxylic acids is 1. The molecule has 1 aliphatic heterocycles. The lowest BCUT2D eigenvalue weighted by atomic mass is 10.1. The number of likely N-dealkylation sites (tertiary alicyclic amines) is 1. The second kappa shape index (κ2) is 12.4. The third kappa shape index (κ3) is 7.35. The van der Waals surface area contributed by atoms with E-state index in [-0.39, 0.29) is 12.5 Å². The maximum absolute atomic E-state index is 13.1. The van der Waals surface area contributed by atoms with Crippen molar-refractivity contribution < 1.29 is 28.6 Å². The Kier molecular flexibility index (Phi) is 9.36. The van der Waals surface area contributed by atoms with Crippen LogP contribution in [0.2, 0.25) is 0 Å². The van der Waals surface area contributed by atoms with E-state index in [2.05, 4.69) is 5.32 Å². The second-order valence-corrected chi connectivity index (χ2v) is 9.59. The first kappa shape index (κ1) is 24.8. The number of hydrogen-bond acceptors (Lipinski definition) is 6. The quantitative estimate of drug-likeness (QED) is 0.361. The molecule has 1 heterocycles. The molecule has 0 radical (unpaired) electrons. The van der Waals surface area contributed by atoms with Gasteiger partial charge in [0.1, 0.15) is 17.9 Å². The number of aldehydes is 1. The molecule has 2 N–H and O–H groups in total. The van der Waals surface area contributed by atoms with E-state index in [0.29, 0.717) is 44.1 Å². The molecule has 9 heteroatoms. The lowest BCUT2D eigenvalue weighted by Gasteiger charge is -2.25. The van der Waals surface area contributed by atoms with Crippen molar-refractivity contribution >= 4 is 26.2 Å². The highest BCUT2D eigenvalue weighted by atomic mass is 31.1. The van der Waals surface area contributed by atoms with E-state index in [1.54, 1.807) is 35.2 Å². The average Bonchev–Trinajstić information content (AvgIpc) is 3.30. The predicted molar refractivity (Wildman–Crippen MR) is 125 cm³/mol. The summed E-state index contributed by atoms with van der Waals surface area (Å²) in [6.07, 6.45) is 1.66. The summed E-state index contributed by atoms with van der Waals surface area (Å²) in [5, 5.41) is 12.1. The van der Waals surface area contributed by atoms with Crippen LogP contribution in [-0.2, 0) is 25.1 Å². The molecular weight excluding hydrogens is 443 g/mol. The Balaban J connectivity index is 1.67. The molecule has 2 aromatic rings. The molecule has 0 aromatic heterocycles. The SMILES string of the molecule is O=C[C@H](CN1CCC[C@H]1C(=O)O)O[PH](=O)C(CCc1ccccc1)NC(=O)c1ccccc1. The van der Waals surface area contributed by atoms with Gasteiger partial charge in [-0.1, -0.05) is 48.5 Å². The summed E-state index contributed by atoms with van der Waals surface area (Å²) >= 11 is 0. The van der Waals surface area contributed by atoms with Crippen LogP contribution < -0.4 is 5.32 Å². The summed E-state index contributed by atoms with van der Waals surface area (Å²) in [7, 11) is -2.88. The van der Waals surface area contributed by atoms with Crippen LogP contribution in [0.1, 0.15) is 35.2 Å². The number of aliphatic carboxylic acids is 1. The van der Waals surface area contributed by atoms with Crippen molar-refractivity contribution in [2.45, 2.75) is 43.6 Å². The zero-order valence-electron chi connectivity index (χ0n) is 18.3. The zero-order valence-corrected chi connectivity index (χ0v) is 19.3. The highest BCUT2D eigenvalue weighted by Gasteiger charge is 2.33. The number of nitrogens with zero attached hydrogens (tertiary/aromatic N) is 1. The van der Waals surface area contributed by atoms with Crippen molar-refractivity contribution in [1.29, 1.82) is 0 Å². The van der Waals surface area contributed by atoms with Gasteiger partial charge in [0.25, 0.3) is 5.91 Å². The Hall–Kier alpha value is -2.80. The summed E-state index contributed by atoms with van der Waals surface area (Å²) in [6.45, 7) is 0.586. The first-order valence-electron chi connectivity index (χ1n) is 11.0. The average molecular weight is 472 g/mol. The number of rotatable bonds is 12. The number of amides is 1. The molecule has 1 saturated heterocycles. The molecule has 2 unspecified atom stereocenters. The smallest absolute Gasteiger partial charge is 0.320 e. The van der Waals surface area contributed by atoms with Crippen LogP contribution in [0.15, 0.2) is 60.7 Å². The number of carboxylic acid groups (broad SMARTS) is 1. The molecule has 0 aliphatic carbocycles. The predicted octanol–water partition coefficient (Wildman–Crippen LogP) is 2.98. The number of nitrogens with one attached hydrogen (secondary N) is 1. The maximum atomic E-state index is 13.1. The van der Waals surface area contributed by atoms with Crippen LogP contribution in [0.5, 0.6) is 0 Å². The molecule has 2 aromatic carbocycles. The largest absolute Gasteiger partial charge is 0.480 e. The van der Waals surface area contributed by atoms with E-state index < -0.39 is 31.9 Å². The molecule has 1 amide bonds.